The second kappa shape index (κ2) is 11.9. The van der Waals surface area contributed by atoms with Gasteiger partial charge in [0.05, 0.1) is 28.4 Å². The number of imide groups is 1. The minimum atomic E-state index is -2.88. The quantitative estimate of drug-likeness (QED) is 0.186. The molecule has 3 amide bonds. The van der Waals surface area contributed by atoms with Crippen molar-refractivity contribution in [1.29, 1.82) is 0 Å². The number of benzene rings is 4. The maximum Gasteiger partial charge on any atom is 0.262 e. The summed E-state index contributed by atoms with van der Waals surface area (Å²) in [6.07, 6.45) is 0. The zero-order valence-corrected chi connectivity index (χ0v) is 26.0. The van der Waals surface area contributed by atoms with Crippen LogP contribution in [0.5, 0.6) is 0 Å². The number of carbonyl (C=O) groups excluding carboxylic acids is 3. The second-order valence-electron chi connectivity index (χ2n) is 11.1. The Kier molecular flexibility index (Phi) is 8.39. The average Bonchev–Trinajstić information content (AvgIpc) is 3.21. The van der Waals surface area contributed by atoms with Gasteiger partial charge in [-0.1, -0.05) is 117 Å². The first-order valence-corrected chi connectivity index (χ1v) is 16.2. The number of rotatable bonds is 8. The minimum absolute atomic E-state index is 0.104. The number of hydrogen-bond acceptors (Lipinski definition) is 4. The van der Waals surface area contributed by atoms with Gasteiger partial charge in [0.15, 0.2) is 0 Å². The lowest BCUT2D eigenvalue weighted by atomic mass is 10.1. The van der Waals surface area contributed by atoms with E-state index >= 15 is 0 Å². The summed E-state index contributed by atoms with van der Waals surface area (Å²) in [5.74, 6) is -1.58. The molecule has 1 N–H and O–H groups in total. The molecule has 1 aliphatic heterocycles. The number of halogens is 2. The molecule has 4 aromatic rings. The van der Waals surface area contributed by atoms with Crippen LogP contribution >= 0.6 is 23.2 Å². The highest BCUT2D eigenvalue weighted by molar-refractivity contribution is 6.99. The highest BCUT2D eigenvalue weighted by Gasteiger charge is 2.50. The van der Waals surface area contributed by atoms with Crippen LogP contribution in [0.3, 0.4) is 0 Å². The molecule has 9 heteroatoms. The molecular weight excluding hydrogens is 587 g/mol. The fraction of sp³-hybridized carbons (Fsp3) is 0.182. The molecule has 0 atom stereocenters. The second-order valence-corrected chi connectivity index (χ2v) is 16.2. The first-order chi connectivity index (χ1) is 20.0. The summed E-state index contributed by atoms with van der Waals surface area (Å²) in [7, 11) is -2.88. The van der Waals surface area contributed by atoms with E-state index in [-0.39, 0.29) is 27.8 Å². The van der Waals surface area contributed by atoms with Gasteiger partial charge >= 0.3 is 0 Å². The molecule has 5 rings (SSSR count). The normalized spacial score (nSPS) is 13.3. The number of nitrogens with zero attached hydrogens (tertiary/aromatic N) is 1. The molecule has 42 heavy (non-hydrogen) atoms. The number of nitrogens with one attached hydrogen (secondary N) is 1. The van der Waals surface area contributed by atoms with E-state index in [0.29, 0.717) is 16.3 Å². The van der Waals surface area contributed by atoms with Crippen LogP contribution in [0.1, 0.15) is 47.1 Å². The summed E-state index contributed by atoms with van der Waals surface area (Å²) < 4.78 is 7.01. The van der Waals surface area contributed by atoms with Crippen LogP contribution in [-0.2, 0) is 15.8 Å². The average molecular weight is 618 g/mol. The molecule has 4 aromatic carbocycles. The van der Waals surface area contributed by atoms with Gasteiger partial charge in [0.1, 0.15) is 6.54 Å². The Bertz CT molecular complexity index is 1580. The predicted octanol–water partition coefficient (Wildman–Crippen LogP) is 6.30. The summed E-state index contributed by atoms with van der Waals surface area (Å²) >= 11 is 13.5. The molecule has 0 spiro atoms. The Labute approximate surface area is 256 Å². The molecule has 0 saturated carbocycles. The van der Waals surface area contributed by atoms with Crippen molar-refractivity contribution >= 4 is 65.3 Å². The first-order valence-electron chi connectivity index (χ1n) is 13.5. The van der Waals surface area contributed by atoms with Crippen LogP contribution in [0.15, 0.2) is 97.1 Å². The number of hydrogen-bond donors (Lipinski definition) is 1. The van der Waals surface area contributed by atoms with Gasteiger partial charge in [-0.05, 0) is 39.7 Å². The Balaban J connectivity index is 1.42. The van der Waals surface area contributed by atoms with Crippen molar-refractivity contribution in [2.24, 2.45) is 0 Å². The largest absolute Gasteiger partial charge is 0.403 e. The van der Waals surface area contributed by atoms with Crippen molar-refractivity contribution in [3.05, 3.63) is 124 Å². The van der Waals surface area contributed by atoms with E-state index in [2.05, 4.69) is 50.4 Å². The Hall–Kier alpha value is -3.75. The van der Waals surface area contributed by atoms with E-state index in [0.717, 1.165) is 15.3 Å². The van der Waals surface area contributed by atoms with Crippen LogP contribution in [0.4, 0.5) is 5.69 Å². The third-order valence-electron chi connectivity index (χ3n) is 7.49. The molecule has 0 aliphatic carbocycles. The zero-order valence-electron chi connectivity index (χ0n) is 23.5. The van der Waals surface area contributed by atoms with Crippen LogP contribution in [-0.4, -0.2) is 37.5 Å². The molecule has 0 bridgehead atoms. The number of anilines is 1. The van der Waals surface area contributed by atoms with Crippen LogP contribution in [0.25, 0.3) is 0 Å². The molecule has 0 fully saturated rings. The van der Waals surface area contributed by atoms with Crippen LogP contribution < -0.4 is 15.7 Å². The molecule has 6 nitrogen and oxygen atoms in total. The standard InChI is InChI=1S/C33H30Cl2N2O4Si/c1-33(2,3)42(22-12-6-4-7-13-22,23-14-8-5-9-15-23)41-21-26-27(34)18-19-28(30(26)35)36-29(38)20-37-31(39)24-16-10-11-17-25(24)32(37)40/h4-19H,20-21H2,1-3H3,(H,36,38). The highest BCUT2D eigenvalue weighted by atomic mass is 35.5. The Morgan fingerprint density at radius 1 is 0.786 bits per heavy atom. The van der Waals surface area contributed by atoms with Crippen molar-refractivity contribution in [3.63, 3.8) is 0 Å². The highest BCUT2D eigenvalue weighted by Crippen LogP contribution is 2.39. The van der Waals surface area contributed by atoms with E-state index in [1.807, 2.05) is 36.4 Å². The van der Waals surface area contributed by atoms with Gasteiger partial charge in [0, 0.05) is 10.6 Å². The maximum atomic E-state index is 13.0. The lowest BCUT2D eigenvalue weighted by Crippen LogP contribution is -2.66. The van der Waals surface area contributed by atoms with Gasteiger partial charge < -0.3 is 9.74 Å². The fourth-order valence-corrected chi connectivity index (χ4v) is 10.5. The van der Waals surface area contributed by atoms with Crippen molar-refractivity contribution < 1.29 is 18.8 Å². The fourth-order valence-electron chi connectivity index (χ4n) is 5.48. The molecule has 0 radical (unpaired) electrons. The molecular formula is C33H30Cl2N2O4Si. The van der Waals surface area contributed by atoms with Gasteiger partial charge in [-0.2, -0.15) is 0 Å². The van der Waals surface area contributed by atoms with Gasteiger partial charge in [0.25, 0.3) is 20.1 Å². The van der Waals surface area contributed by atoms with Crippen molar-refractivity contribution in [1.82, 2.24) is 4.90 Å². The van der Waals surface area contributed by atoms with E-state index in [1.54, 1.807) is 36.4 Å². The van der Waals surface area contributed by atoms with Gasteiger partial charge in [-0.15, -0.1) is 0 Å². The minimum Gasteiger partial charge on any atom is -0.403 e. The molecule has 0 saturated heterocycles. The van der Waals surface area contributed by atoms with E-state index < -0.39 is 32.6 Å². The predicted molar refractivity (Wildman–Crippen MR) is 169 cm³/mol. The molecule has 214 valence electrons. The lowest BCUT2D eigenvalue weighted by Gasteiger charge is -2.43. The van der Waals surface area contributed by atoms with Crippen molar-refractivity contribution in [2.75, 3.05) is 11.9 Å². The van der Waals surface area contributed by atoms with E-state index in [4.69, 9.17) is 27.6 Å². The summed E-state index contributed by atoms with van der Waals surface area (Å²) in [5.41, 5.74) is 1.40. The van der Waals surface area contributed by atoms with Gasteiger partial charge in [0.2, 0.25) is 5.91 Å². The van der Waals surface area contributed by atoms with E-state index in [1.165, 1.54) is 0 Å². The third-order valence-corrected chi connectivity index (χ3v) is 13.3. The SMILES string of the molecule is CC(C)(C)[Si](OCc1c(Cl)ccc(NC(=O)CN2C(=O)c3ccccc3C2=O)c1Cl)(c1ccccc1)c1ccccc1. The summed E-state index contributed by atoms with van der Waals surface area (Å²) in [5, 5.41) is 5.34. The summed E-state index contributed by atoms with van der Waals surface area (Å²) in [6, 6.07) is 30.2. The van der Waals surface area contributed by atoms with Gasteiger partial charge in [-0.25, -0.2) is 0 Å². The van der Waals surface area contributed by atoms with E-state index in [9.17, 15) is 14.4 Å². The number of fused-ring (bicyclic) bond motifs is 1. The maximum absolute atomic E-state index is 13.0. The Morgan fingerprint density at radius 3 is 1.79 bits per heavy atom. The first kappa shape index (κ1) is 29.7. The van der Waals surface area contributed by atoms with Crippen LogP contribution in [0, 0.1) is 0 Å². The summed E-state index contributed by atoms with van der Waals surface area (Å²) in [6.45, 7) is 6.20. The van der Waals surface area contributed by atoms with Crippen LogP contribution in [0.2, 0.25) is 15.1 Å². The third kappa shape index (κ3) is 5.41. The molecule has 0 unspecified atom stereocenters. The zero-order chi connectivity index (χ0) is 30.1. The van der Waals surface area contributed by atoms with Gasteiger partial charge in [-0.3, -0.25) is 19.3 Å². The number of amides is 3. The molecule has 0 aromatic heterocycles. The summed E-state index contributed by atoms with van der Waals surface area (Å²) in [4.78, 5) is 39.4. The topological polar surface area (TPSA) is 75.7 Å². The molecule has 1 heterocycles. The van der Waals surface area contributed by atoms with Crippen molar-refractivity contribution in [3.8, 4) is 0 Å². The molecule has 1 aliphatic rings. The lowest BCUT2D eigenvalue weighted by molar-refractivity contribution is -0.116. The van der Waals surface area contributed by atoms with Crippen molar-refractivity contribution in [2.45, 2.75) is 32.4 Å². The monoisotopic (exact) mass is 616 g/mol. The smallest absolute Gasteiger partial charge is 0.262 e. The number of carbonyl (C=O) groups is 3. The Morgan fingerprint density at radius 2 is 1.29 bits per heavy atom.